The van der Waals surface area contributed by atoms with E-state index in [0.29, 0.717) is 5.57 Å². The maximum Gasteiger partial charge on any atom is 0.324 e. The summed E-state index contributed by atoms with van der Waals surface area (Å²) >= 11 is 0. The summed E-state index contributed by atoms with van der Waals surface area (Å²) in [4.78, 5) is 10.4. The third-order valence-electron chi connectivity index (χ3n) is 1.95. The highest BCUT2D eigenvalue weighted by molar-refractivity contribution is 5.80. The lowest BCUT2D eigenvalue weighted by atomic mass is 10.1. The van der Waals surface area contributed by atoms with E-state index < -0.39 is 17.6 Å². The molecule has 1 rings (SSSR count). The minimum atomic E-state index is -1.02. The van der Waals surface area contributed by atoms with Crippen LogP contribution >= 0.6 is 0 Å². The molecule has 0 amide bonds. The monoisotopic (exact) mass is 157 g/mol. The standard InChI is InChI=1S/C7H11NO3/c1-7(11-2)3-4(7)5(8)6(9)10/h3,5H,8H2,1-2H3,(H,9,10). The smallest absolute Gasteiger partial charge is 0.324 e. The van der Waals surface area contributed by atoms with Crippen molar-refractivity contribution in [1.82, 2.24) is 0 Å². The van der Waals surface area contributed by atoms with Crippen LogP contribution in [-0.4, -0.2) is 29.8 Å². The second-order valence-electron chi connectivity index (χ2n) is 2.73. The van der Waals surface area contributed by atoms with Crippen LogP contribution in [0.5, 0.6) is 0 Å². The van der Waals surface area contributed by atoms with Crippen LogP contribution in [-0.2, 0) is 9.53 Å². The normalized spacial score (nSPS) is 31.0. The van der Waals surface area contributed by atoms with Gasteiger partial charge in [0.15, 0.2) is 0 Å². The Kier molecular flexibility index (Phi) is 1.74. The summed E-state index contributed by atoms with van der Waals surface area (Å²) in [6.07, 6.45) is 1.71. The SMILES string of the molecule is COC1(C)C=C1C(N)C(=O)O. The fraction of sp³-hybridized carbons (Fsp3) is 0.571. The quantitative estimate of drug-likeness (QED) is 0.554. The largest absolute Gasteiger partial charge is 0.480 e. The average molecular weight is 157 g/mol. The minimum Gasteiger partial charge on any atom is -0.480 e. The Hall–Kier alpha value is -0.870. The molecule has 0 bridgehead atoms. The van der Waals surface area contributed by atoms with Gasteiger partial charge in [0.2, 0.25) is 0 Å². The average Bonchev–Trinajstić information content (AvgIpc) is 2.62. The molecular weight excluding hydrogens is 146 g/mol. The molecule has 4 nitrogen and oxygen atoms in total. The number of methoxy groups -OCH3 is 1. The third kappa shape index (κ3) is 1.27. The molecule has 62 valence electrons. The number of carboxylic acids is 1. The first-order valence-electron chi connectivity index (χ1n) is 3.28. The second-order valence-corrected chi connectivity index (χ2v) is 2.73. The van der Waals surface area contributed by atoms with E-state index in [1.807, 2.05) is 0 Å². The first-order valence-corrected chi connectivity index (χ1v) is 3.28. The molecule has 0 saturated carbocycles. The molecule has 0 aliphatic heterocycles. The maximum atomic E-state index is 10.4. The molecule has 11 heavy (non-hydrogen) atoms. The van der Waals surface area contributed by atoms with Crippen LogP contribution in [0.4, 0.5) is 0 Å². The van der Waals surface area contributed by atoms with E-state index in [1.165, 1.54) is 7.11 Å². The van der Waals surface area contributed by atoms with Crippen molar-refractivity contribution in [1.29, 1.82) is 0 Å². The summed E-state index contributed by atoms with van der Waals surface area (Å²) in [7, 11) is 1.53. The van der Waals surface area contributed by atoms with Gasteiger partial charge in [-0.05, 0) is 18.6 Å². The lowest BCUT2D eigenvalue weighted by molar-refractivity contribution is -0.137. The number of ether oxygens (including phenoxy) is 1. The summed E-state index contributed by atoms with van der Waals surface area (Å²) in [5.74, 6) is -1.02. The van der Waals surface area contributed by atoms with Gasteiger partial charge in [0.1, 0.15) is 11.6 Å². The van der Waals surface area contributed by atoms with Crippen LogP contribution in [0.15, 0.2) is 11.6 Å². The Balaban J connectivity index is 2.55. The molecule has 4 heteroatoms. The lowest BCUT2D eigenvalue weighted by Gasteiger charge is -2.11. The van der Waals surface area contributed by atoms with Crippen molar-refractivity contribution in [3.63, 3.8) is 0 Å². The fourth-order valence-corrected chi connectivity index (χ4v) is 0.969. The van der Waals surface area contributed by atoms with Gasteiger partial charge in [-0.1, -0.05) is 0 Å². The molecule has 0 aromatic rings. The van der Waals surface area contributed by atoms with Crippen LogP contribution < -0.4 is 5.73 Å². The molecule has 2 atom stereocenters. The Morgan fingerprint density at radius 2 is 2.45 bits per heavy atom. The maximum absolute atomic E-state index is 10.4. The van der Waals surface area contributed by atoms with Crippen LogP contribution in [0.1, 0.15) is 6.92 Å². The molecule has 0 heterocycles. The van der Waals surface area contributed by atoms with Gasteiger partial charge in [-0.3, -0.25) is 4.79 Å². The number of carbonyl (C=O) groups is 1. The van der Waals surface area contributed by atoms with Crippen LogP contribution in [0.3, 0.4) is 0 Å². The van der Waals surface area contributed by atoms with Crippen molar-refractivity contribution in [3.8, 4) is 0 Å². The van der Waals surface area contributed by atoms with E-state index in [4.69, 9.17) is 15.6 Å². The molecule has 2 unspecified atom stereocenters. The molecule has 3 N–H and O–H groups in total. The number of carboxylic acid groups (broad SMARTS) is 1. The van der Waals surface area contributed by atoms with Crippen LogP contribution in [0, 0.1) is 0 Å². The van der Waals surface area contributed by atoms with Crippen molar-refractivity contribution in [2.24, 2.45) is 5.73 Å². The van der Waals surface area contributed by atoms with Gasteiger partial charge in [0.05, 0.1) is 0 Å². The van der Waals surface area contributed by atoms with E-state index in [0.717, 1.165) is 0 Å². The predicted octanol–water partition coefficient (Wildman–Crippen LogP) is -0.257. The topological polar surface area (TPSA) is 72.5 Å². The third-order valence-corrected chi connectivity index (χ3v) is 1.95. The van der Waals surface area contributed by atoms with Crippen molar-refractivity contribution < 1.29 is 14.6 Å². The molecule has 0 spiro atoms. The predicted molar refractivity (Wildman–Crippen MR) is 39.1 cm³/mol. The van der Waals surface area contributed by atoms with Gasteiger partial charge in [-0.15, -0.1) is 0 Å². The lowest BCUT2D eigenvalue weighted by Crippen LogP contribution is -2.33. The van der Waals surface area contributed by atoms with Crippen molar-refractivity contribution in [2.75, 3.05) is 7.11 Å². The molecule has 0 aromatic heterocycles. The van der Waals surface area contributed by atoms with Gasteiger partial charge in [0.25, 0.3) is 0 Å². The number of hydrogen-bond acceptors (Lipinski definition) is 3. The Morgan fingerprint density at radius 1 is 1.91 bits per heavy atom. The number of nitrogens with two attached hydrogens (primary N) is 1. The summed E-state index contributed by atoms with van der Waals surface area (Å²) < 4.78 is 5.00. The fourth-order valence-electron chi connectivity index (χ4n) is 0.969. The van der Waals surface area contributed by atoms with E-state index >= 15 is 0 Å². The summed E-state index contributed by atoms with van der Waals surface area (Å²) in [5, 5.41) is 8.50. The van der Waals surface area contributed by atoms with Gasteiger partial charge in [-0.25, -0.2) is 0 Å². The second kappa shape index (κ2) is 2.32. The van der Waals surface area contributed by atoms with Crippen LogP contribution in [0.2, 0.25) is 0 Å². The van der Waals surface area contributed by atoms with Crippen LogP contribution in [0.25, 0.3) is 0 Å². The molecule has 0 fully saturated rings. The number of aliphatic carboxylic acids is 1. The van der Waals surface area contributed by atoms with E-state index in [2.05, 4.69) is 0 Å². The summed E-state index contributed by atoms with van der Waals surface area (Å²) in [6, 6.07) is -0.917. The molecule has 0 saturated heterocycles. The minimum absolute atomic E-state index is 0.502. The molecular formula is C7H11NO3. The first-order chi connectivity index (χ1) is 5.01. The highest BCUT2D eigenvalue weighted by Gasteiger charge is 2.44. The van der Waals surface area contributed by atoms with E-state index in [-0.39, 0.29) is 0 Å². The van der Waals surface area contributed by atoms with Gasteiger partial charge in [-0.2, -0.15) is 0 Å². The van der Waals surface area contributed by atoms with Crippen molar-refractivity contribution in [3.05, 3.63) is 11.6 Å². The number of rotatable bonds is 3. The van der Waals surface area contributed by atoms with E-state index in [9.17, 15) is 4.79 Å². The first kappa shape index (κ1) is 8.23. The van der Waals surface area contributed by atoms with E-state index in [1.54, 1.807) is 13.0 Å². The zero-order chi connectivity index (χ0) is 8.65. The van der Waals surface area contributed by atoms with Gasteiger partial charge >= 0.3 is 5.97 Å². The molecule has 0 aromatic carbocycles. The molecule has 0 radical (unpaired) electrons. The summed E-state index contributed by atoms with van der Waals surface area (Å²) in [5.41, 5.74) is 5.47. The zero-order valence-corrected chi connectivity index (χ0v) is 6.50. The molecule has 1 aliphatic carbocycles. The van der Waals surface area contributed by atoms with Gasteiger partial charge in [0, 0.05) is 7.11 Å². The molecule has 1 aliphatic rings. The number of hydrogen-bond donors (Lipinski definition) is 2. The highest BCUT2D eigenvalue weighted by Crippen LogP contribution is 2.38. The van der Waals surface area contributed by atoms with Crippen molar-refractivity contribution >= 4 is 5.97 Å². The highest BCUT2D eigenvalue weighted by atomic mass is 16.5. The van der Waals surface area contributed by atoms with Crippen molar-refractivity contribution in [2.45, 2.75) is 18.6 Å². The Labute approximate surface area is 64.6 Å². The van der Waals surface area contributed by atoms with Gasteiger partial charge < -0.3 is 15.6 Å². The zero-order valence-electron chi connectivity index (χ0n) is 6.50. The summed E-state index contributed by atoms with van der Waals surface area (Å²) in [6.45, 7) is 1.78. The Bertz CT molecular complexity index is 224. The Morgan fingerprint density at radius 3 is 2.73 bits per heavy atom.